The van der Waals surface area contributed by atoms with Gasteiger partial charge in [0.25, 0.3) is 0 Å². The molecular weight excluding hydrogens is 425 g/mol. The molecule has 1 heterocycles. The molecule has 0 bridgehead atoms. The molecule has 2 N–H and O–H groups in total. The van der Waals surface area contributed by atoms with Crippen LogP contribution in [0.3, 0.4) is 0 Å². The first kappa shape index (κ1) is 21.9. The minimum Gasteiger partial charge on any atom is -0.466 e. The molecule has 0 saturated heterocycles. The Balaban J connectivity index is 2.45. The highest BCUT2D eigenvalue weighted by molar-refractivity contribution is 6.33. The van der Waals surface area contributed by atoms with Gasteiger partial charge in [0.15, 0.2) is 0 Å². The van der Waals surface area contributed by atoms with Crippen LogP contribution in [0.4, 0.5) is 10.1 Å². The molecule has 0 radical (unpaired) electrons. The number of carbonyl (C=O) groups is 2. The number of ether oxygens (including phenoxy) is 2. The van der Waals surface area contributed by atoms with E-state index in [1.807, 2.05) is 6.07 Å². The van der Waals surface area contributed by atoms with Gasteiger partial charge in [0.2, 0.25) is 0 Å². The van der Waals surface area contributed by atoms with Crippen LogP contribution in [0.25, 0.3) is 0 Å². The quantitative estimate of drug-likeness (QED) is 0.725. The van der Waals surface area contributed by atoms with Gasteiger partial charge in [-0.25, -0.2) is 14.0 Å². The first-order chi connectivity index (χ1) is 14.9. The van der Waals surface area contributed by atoms with E-state index in [-0.39, 0.29) is 33.4 Å². The highest BCUT2D eigenvalue weighted by atomic mass is 35.5. The lowest BCUT2D eigenvalue weighted by atomic mass is 9.81. The van der Waals surface area contributed by atoms with Crippen LogP contribution in [0.1, 0.15) is 11.5 Å². The summed E-state index contributed by atoms with van der Waals surface area (Å²) < 4.78 is 24.0. The summed E-state index contributed by atoms with van der Waals surface area (Å²) in [6.07, 6.45) is 0. The van der Waals surface area contributed by atoms with E-state index in [4.69, 9.17) is 26.8 Å². The standard InChI is InChI=1S/C22H17ClFN3O4/c1-30-21(28)17-16(12-7-4-3-5-8-12)13(11-25)20(26)27(19(17)22(29)31-2)15-10-6-9-14(24)18(15)23/h3-10,16H,26H2,1-2H3. The monoisotopic (exact) mass is 441 g/mol. The third kappa shape index (κ3) is 3.71. The molecule has 2 aromatic carbocycles. The number of anilines is 1. The van der Waals surface area contributed by atoms with Crippen molar-refractivity contribution < 1.29 is 23.5 Å². The van der Waals surface area contributed by atoms with Gasteiger partial charge in [0, 0.05) is 0 Å². The fourth-order valence-corrected chi connectivity index (χ4v) is 3.64. The molecule has 0 amide bonds. The third-order valence-electron chi connectivity index (χ3n) is 4.78. The predicted octanol–water partition coefficient (Wildman–Crippen LogP) is 3.38. The highest BCUT2D eigenvalue weighted by Gasteiger charge is 2.43. The van der Waals surface area contributed by atoms with E-state index in [9.17, 15) is 19.2 Å². The lowest BCUT2D eigenvalue weighted by molar-refractivity contribution is -0.139. The Morgan fingerprint density at radius 3 is 2.32 bits per heavy atom. The first-order valence-electron chi connectivity index (χ1n) is 8.96. The number of rotatable bonds is 4. The smallest absolute Gasteiger partial charge is 0.355 e. The molecule has 0 aliphatic carbocycles. The molecule has 1 aliphatic rings. The number of esters is 2. The number of halogens is 2. The Hall–Kier alpha value is -3.83. The minimum absolute atomic E-state index is 0.0415. The first-order valence-corrected chi connectivity index (χ1v) is 9.34. The summed E-state index contributed by atoms with van der Waals surface area (Å²) in [5, 5.41) is 9.57. The number of methoxy groups -OCH3 is 2. The van der Waals surface area contributed by atoms with Gasteiger partial charge in [-0.2, -0.15) is 5.26 Å². The number of nitrogens with zero attached hydrogens (tertiary/aromatic N) is 2. The van der Waals surface area contributed by atoms with Crippen LogP contribution in [0.5, 0.6) is 0 Å². The Kier molecular flexibility index (Phi) is 6.28. The molecule has 0 aromatic heterocycles. The van der Waals surface area contributed by atoms with Crippen LogP contribution < -0.4 is 10.6 Å². The average Bonchev–Trinajstić information content (AvgIpc) is 2.79. The fraction of sp³-hybridized carbons (Fsp3) is 0.136. The predicted molar refractivity (Wildman–Crippen MR) is 111 cm³/mol. The maximum atomic E-state index is 14.2. The van der Waals surface area contributed by atoms with Crippen LogP contribution in [-0.2, 0) is 19.1 Å². The van der Waals surface area contributed by atoms with Gasteiger partial charge in [0.05, 0.1) is 43.0 Å². The molecule has 1 atom stereocenters. The summed E-state index contributed by atoms with van der Waals surface area (Å²) in [6, 6.07) is 14.4. The van der Waals surface area contributed by atoms with Crippen molar-refractivity contribution in [3.63, 3.8) is 0 Å². The van der Waals surface area contributed by atoms with Crippen molar-refractivity contribution in [1.29, 1.82) is 5.26 Å². The topological polar surface area (TPSA) is 106 Å². The van der Waals surface area contributed by atoms with Gasteiger partial charge < -0.3 is 15.2 Å². The van der Waals surface area contributed by atoms with Gasteiger partial charge >= 0.3 is 11.9 Å². The van der Waals surface area contributed by atoms with Gasteiger partial charge in [-0.3, -0.25) is 4.90 Å². The van der Waals surface area contributed by atoms with Crippen molar-refractivity contribution in [2.45, 2.75) is 5.92 Å². The summed E-state index contributed by atoms with van der Waals surface area (Å²) in [5.74, 6) is -3.82. The van der Waals surface area contributed by atoms with Gasteiger partial charge in [-0.15, -0.1) is 0 Å². The van der Waals surface area contributed by atoms with Crippen molar-refractivity contribution in [2.24, 2.45) is 5.73 Å². The molecule has 7 nitrogen and oxygen atoms in total. The van der Waals surface area contributed by atoms with Crippen molar-refractivity contribution in [2.75, 3.05) is 19.1 Å². The van der Waals surface area contributed by atoms with E-state index >= 15 is 0 Å². The molecule has 1 aliphatic heterocycles. The lowest BCUT2D eigenvalue weighted by Crippen LogP contribution is -2.41. The van der Waals surface area contributed by atoms with Gasteiger partial charge in [-0.05, 0) is 17.7 Å². The van der Waals surface area contributed by atoms with Crippen molar-refractivity contribution in [3.05, 3.63) is 87.6 Å². The maximum absolute atomic E-state index is 14.2. The number of hydrogen-bond acceptors (Lipinski definition) is 7. The van der Waals surface area contributed by atoms with Gasteiger partial charge in [-0.1, -0.05) is 48.0 Å². The Morgan fingerprint density at radius 1 is 1.10 bits per heavy atom. The van der Waals surface area contributed by atoms with Crippen LogP contribution in [0.2, 0.25) is 5.02 Å². The summed E-state index contributed by atoms with van der Waals surface area (Å²) in [4.78, 5) is 26.8. The maximum Gasteiger partial charge on any atom is 0.355 e. The summed E-state index contributed by atoms with van der Waals surface area (Å²) in [6.45, 7) is 0. The largest absolute Gasteiger partial charge is 0.466 e. The third-order valence-corrected chi connectivity index (χ3v) is 5.16. The zero-order valence-electron chi connectivity index (χ0n) is 16.6. The summed E-state index contributed by atoms with van der Waals surface area (Å²) >= 11 is 6.14. The summed E-state index contributed by atoms with van der Waals surface area (Å²) in [7, 11) is 2.26. The van der Waals surface area contributed by atoms with Crippen LogP contribution in [0, 0.1) is 17.1 Å². The van der Waals surface area contributed by atoms with E-state index in [1.54, 1.807) is 30.3 Å². The lowest BCUT2D eigenvalue weighted by Gasteiger charge is -2.36. The van der Waals surface area contributed by atoms with Crippen molar-refractivity contribution in [3.8, 4) is 6.07 Å². The van der Waals surface area contributed by atoms with Crippen molar-refractivity contribution >= 4 is 29.2 Å². The molecule has 2 aromatic rings. The minimum atomic E-state index is -1.02. The number of nitriles is 1. The van der Waals surface area contributed by atoms with E-state index < -0.39 is 23.7 Å². The van der Waals surface area contributed by atoms with E-state index in [0.29, 0.717) is 5.56 Å². The average molecular weight is 442 g/mol. The summed E-state index contributed by atoms with van der Waals surface area (Å²) in [5.41, 5.74) is 6.23. The molecule has 31 heavy (non-hydrogen) atoms. The molecule has 1 unspecified atom stereocenters. The van der Waals surface area contributed by atoms with Crippen LogP contribution >= 0.6 is 11.6 Å². The molecule has 0 spiro atoms. The zero-order valence-corrected chi connectivity index (χ0v) is 17.3. The second kappa shape index (κ2) is 8.90. The zero-order chi connectivity index (χ0) is 22.7. The van der Waals surface area contributed by atoms with Gasteiger partial charge in [0.1, 0.15) is 22.4 Å². The molecule has 0 saturated carbocycles. The van der Waals surface area contributed by atoms with E-state index in [2.05, 4.69) is 0 Å². The molecule has 9 heteroatoms. The van der Waals surface area contributed by atoms with Crippen LogP contribution in [-0.4, -0.2) is 26.2 Å². The van der Waals surface area contributed by atoms with Crippen LogP contribution in [0.15, 0.2) is 71.2 Å². The van der Waals surface area contributed by atoms with Crippen molar-refractivity contribution in [1.82, 2.24) is 0 Å². The number of nitrogens with two attached hydrogens (primary N) is 1. The SMILES string of the molecule is COC(=O)C1=C(C(=O)OC)N(c2cccc(F)c2Cl)C(N)=C(C#N)C1c1ccccc1. The second-order valence-electron chi connectivity index (χ2n) is 6.41. The second-order valence-corrected chi connectivity index (χ2v) is 6.79. The number of hydrogen-bond donors (Lipinski definition) is 1. The van der Waals surface area contributed by atoms with E-state index in [1.165, 1.54) is 12.1 Å². The number of benzene rings is 2. The molecule has 3 rings (SSSR count). The number of carbonyl (C=O) groups excluding carboxylic acids is 2. The number of allylic oxidation sites excluding steroid dienone is 1. The Labute approximate surface area is 182 Å². The fourth-order valence-electron chi connectivity index (χ4n) is 3.43. The molecular formula is C22H17ClFN3O4. The van der Waals surface area contributed by atoms with E-state index in [0.717, 1.165) is 25.2 Å². The highest BCUT2D eigenvalue weighted by Crippen LogP contribution is 2.44. The Morgan fingerprint density at radius 2 is 1.74 bits per heavy atom. The molecule has 158 valence electrons. The Bertz CT molecular complexity index is 1160. The normalized spacial score (nSPS) is 16.1. The molecule has 0 fully saturated rings.